The van der Waals surface area contributed by atoms with Crippen molar-refractivity contribution >= 4 is 23.5 Å². The quantitative estimate of drug-likeness (QED) is 0.325. The van der Waals surface area contributed by atoms with Gasteiger partial charge in [0.25, 0.3) is 5.91 Å². The van der Waals surface area contributed by atoms with E-state index in [0.717, 1.165) is 5.56 Å². The Balaban J connectivity index is 0.00000336. The van der Waals surface area contributed by atoms with E-state index in [4.69, 9.17) is 25.8 Å². The molecule has 1 N–H and O–H groups in total. The molecule has 2 unspecified atom stereocenters. The number of aliphatic carboxylic acids is 1. The number of carbonyl (C=O) groups is 2. The molecule has 1 amide bonds. The summed E-state index contributed by atoms with van der Waals surface area (Å²) in [6.07, 6.45) is 2.95. The van der Waals surface area contributed by atoms with Crippen molar-refractivity contribution in [2.75, 3.05) is 13.7 Å². The number of halogens is 1. The number of carbonyl (C=O) groups excluding carboxylic acids is 2. The number of hydrogen-bond acceptors (Lipinski definition) is 6. The first-order valence-corrected chi connectivity index (χ1v) is 12.7. The first-order valence-electron chi connectivity index (χ1n) is 12.3. The molecule has 1 saturated carbocycles. The molecule has 0 bridgehead atoms. The zero-order valence-corrected chi connectivity index (χ0v) is 24.1. The van der Waals surface area contributed by atoms with Gasteiger partial charge < -0.3 is 29.4 Å². The number of hydrogen-bond donors (Lipinski definition) is 1. The summed E-state index contributed by atoms with van der Waals surface area (Å²) in [5.41, 5.74) is 3.39. The number of ether oxygens (including phenoxy) is 3. The summed E-state index contributed by atoms with van der Waals surface area (Å²) in [6, 6.07) is 18.2. The van der Waals surface area contributed by atoms with Gasteiger partial charge in [-0.05, 0) is 66.6 Å². The number of methoxy groups -OCH3 is 1. The number of rotatable bonds is 9. The van der Waals surface area contributed by atoms with E-state index in [1.165, 1.54) is 24.5 Å². The maximum atomic E-state index is 12.8. The summed E-state index contributed by atoms with van der Waals surface area (Å²) in [5, 5.41) is 14.6. The summed E-state index contributed by atoms with van der Waals surface area (Å²) in [6.45, 7) is 0.269. The van der Waals surface area contributed by atoms with Gasteiger partial charge in [0.15, 0.2) is 0 Å². The fraction of sp³-hybridized carbons (Fsp3) is 0.310. The van der Waals surface area contributed by atoms with Gasteiger partial charge in [0.2, 0.25) is 0 Å². The van der Waals surface area contributed by atoms with E-state index in [-0.39, 0.29) is 47.1 Å². The monoisotopic (exact) mass is 543 g/mol. The molecule has 1 heterocycles. The molecule has 9 heteroatoms. The Bertz CT molecular complexity index is 1290. The van der Waals surface area contributed by atoms with Gasteiger partial charge in [-0.2, -0.15) is 0 Å². The topological polar surface area (TPSA) is 96.9 Å². The van der Waals surface area contributed by atoms with Crippen molar-refractivity contribution in [3.63, 3.8) is 0 Å². The Kier molecular flexibility index (Phi) is 9.39. The molecule has 2 aliphatic rings. The first kappa shape index (κ1) is 28.5. The molecule has 2 atom stereocenters. The molecule has 0 radical (unpaired) electrons. The van der Waals surface area contributed by atoms with Gasteiger partial charge in [-0.15, -0.1) is 0 Å². The molecule has 3 aromatic carbocycles. The molecule has 3 aromatic rings. The average molecular weight is 544 g/mol. The van der Waals surface area contributed by atoms with E-state index < -0.39 is 18.1 Å². The van der Waals surface area contributed by atoms with Gasteiger partial charge in [-0.3, -0.25) is 4.79 Å². The largest absolute Gasteiger partial charge is 1.00 e. The third kappa shape index (κ3) is 6.71. The fourth-order valence-electron chi connectivity index (χ4n) is 4.49. The minimum absolute atomic E-state index is 0. The van der Waals surface area contributed by atoms with E-state index in [1.54, 1.807) is 37.4 Å². The van der Waals surface area contributed by atoms with Crippen LogP contribution in [0.25, 0.3) is 0 Å². The van der Waals surface area contributed by atoms with E-state index in [1.807, 2.05) is 0 Å². The molecule has 0 saturated heterocycles. The fourth-order valence-corrected chi connectivity index (χ4v) is 4.70. The molecule has 1 fully saturated rings. The molecule has 7 nitrogen and oxygen atoms in total. The van der Waals surface area contributed by atoms with Crippen molar-refractivity contribution in [3.8, 4) is 17.2 Å². The molecule has 192 valence electrons. The maximum absolute atomic E-state index is 12.8. The van der Waals surface area contributed by atoms with Crippen LogP contribution in [0.3, 0.4) is 0 Å². The van der Waals surface area contributed by atoms with Crippen LogP contribution in [0.4, 0.5) is 0 Å². The Morgan fingerprint density at radius 2 is 1.79 bits per heavy atom. The minimum atomic E-state index is -1.16. The van der Waals surface area contributed by atoms with Crippen LogP contribution in [-0.4, -0.2) is 31.8 Å². The number of nitrogens with one attached hydrogen (secondary N) is 1. The van der Waals surface area contributed by atoms with Gasteiger partial charge in [0.1, 0.15) is 23.5 Å². The molecule has 5 rings (SSSR count). The number of carboxylic acid groups (broad SMARTS) is 1. The third-order valence-corrected chi connectivity index (χ3v) is 7.05. The third-order valence-electron chi connectivity index (χ3n) is 6.76. The van der Waals surface area contributed by atoms with Crippen LogP contribution in [0.2, 0.25) is 5.02 Å². The summed E-state index contributed by atoms with van der Waals surface area (Å²) in [7, 11) is 1.57. The number of carboxylic acids is 1. The van der Waals surface area contributed by atoms with Crippen LogP contribution in [0.5, 0.6) is 17.2 Å². The Morgan fingerprint density at radius 3 is 2.42 bits per heavy atom. The van der Waals surface area contributed by atoms with Crippen LogP contribution < -0.4 is 49.5 Å². The molecular weight excluding hydrogens is 517 g/mol. The summed E-state index contributed by atoms with van der Waals surface area (Å²) >= 11 is 6.36. The molecule has 0 aromatic heterocycles. The first-order chi connectivity index (χ1) is 17.9. The van der Waals surface area contributed by atoms with Crippen LogP contribution in [-0.2, 0) is 16.0 Å². The SMILES string of the molecule is COC(Cc1ccc(C2CC2)cc1)NC(=O)c1ccc(Oc2cc3c(cc2Cl)C(C(=O)[O-])CCO3)cc1.[Na+]. The normalized spacial score (nSPS) is 16.8. The van der Waals surface area contributed by atoms with Crippen LogP contribution in [0.15, 0.2) is 60.7 Å². The van der Waals surface area contributed by atoms with Crippen molar-refractivity contribution in [3.05, 3.63) is 87.9 Å². The van der Waals surface area contributed by atoms with Crippen LogP contribution in [0, 0.1) is 0 Å². The standard InChI is InChI=1S/C29H28ClNO6.Na/c1-35-27(14-17-2-4-18(5-3-17)19-6-7-19)31-28(32)20-8-10-21(11-9-20)37-26-16-25-23(15-24(26)30)22(29(33)34)12-13-36-25;/h2-5,8-11,15-16,19,22,27H,6-7,12-14H2,1H3,(H,31,32)(H,33,34);/q;+1/p-1. The van der Waals surface area contributed by atoms with Crippen molar-refractivity contribution in [2.24, 2.45) is 0 Å². The molecular formula is C29H27ClNNaO6. The Labute approximate surface area is 248 Å². The molecule has 0 spiro atoms. The maximum Gasteiger partial charge on any atom is 1.00 e. The van der Waals surface area contributed by atoms with Crippen LogP contribution >= 0.6 is 11.6 Å². The van der Waals surface area contributed by atoms with E-state index >= 15 is 0 Å². The van der Waals surface area contributed by atoms with Gasteiger partial charge in [-0.1, -0.05) is 35.9 Å². The molecule has 1 aliphatic heterocycles. The number of fused-ring (bicyclic) bond motifs is 1. The Hall–Kier alpha value is -2.55. The second-order valence-corrected chi connectivity index (χ2v) is 9.78. The van der Waals surface area contributed by atoms with Crippen LogP contribution in [0.1, 0.15) is 58.1 Å². The Morgan fingerprint density at radius 1 is 1.08 bits per heavy atom. The van der Waals surface area contributed by atoms with Crippen molar-refractivity contribution in [1.29, 1.82) is 0 Å². The summed E-state index contributed by atoms with van der Waals surface area (Å²) in [4.78, 5) is 24.2. The van der Waals surface area contributed by atoms with Gasteiger partial charge in [0, 0.05) is 42.6 Å². The predicted octanol–water partition coefficient (Wildman–Crippen LogP) is 1.57. The second kappa shape index (κ2) is 12.5. The summed E-state index contributed by atoms with van der Waals surface area (Å²) < 4.78 is 17.0. The van der Waals surface area contributed by atoms with E-state index in [2.05, 4.69) is 29.6 Å². The van der Waals surface area contributed by atoms with Crippen molar-refractivity contribution in [2.45, 2.75) is 43.7 Å². The van der Waals surface area contributed by atoms with E-state index in [0.29, 0.717) is 47.1 Å². The van der Waals surface area contributed by atoms with Gasteiger partial charge >= 0.3 is 29.6 Å². The second-order valence-electron chi connectivity index (χ2n) is 9.37. The van der Waals surface area contributed by atoms with Crippen molar-refractivity contribution in [1.82, 2.24) is 5.32 Å². The number of benzene rings is 3. The zero-order valence-electron chi connectivity index (χ0n) is 21.4. The predicted molar refractivity (Wildman–Crippen MR) is 136 cm³/mol. The average Bonchev–Trinajstić information content (AvgIpc) is 3.75. The van der Waals surface area contributed by atoms with Crippen molar-refractivity contribution < 1.29 is 58.5 Å². The molecule has 38 heavy (non-hydrogen) atoms. The zero-order chi connectivity index (χ0) is 25.9. The smallest absolute Gasteiger partial charge is 0.549 e. The van der Waals surface area contributed by atoms with E-state index in [9.17, 15) is 14.7 Å². The van der Waals surface area contributed by atoms with Gasteiger partial charge in [-0.25, -0.2) is 0 Å². The molecule has 1 aliphatic carbocycles. The number of amides is 1. The summed E-state index contributed by atoms with van der Waals surface area (Å²) in [5.74, 6) is -0.299. The van der Waals surface area contributed by atoms with Gasteiger partial charge in [0.05, 0.1) is 11.6 Å². The minimum Gasteiger partial charge on any atom is -0.549 e.